The fraction of sp³-hybridized carbons (Fsp3) is 0.162. The Kier molecular flexibility index (Phi) is 5.23. The van der Waals surface area contributed by atoms with Crippen molar-refractivity contribution in [2.24, 2.45) is 0 Å². The van der Waals surface area contributed by atoms with Gasteiger partial charge in [0.2, 0.25) is 0 Å². The van der Waals surface area contributed by atoms with Crippen LogP contribution in [-0.4, -0.2) is 14.1 Å². The first-order chi connectivity index (χ1) is 20.0. The molecule has 0 amide bonds. The third-order valence-corrected chi connectivity index (χ3v) is 10.1. The van der Waals surface area contributed by atoms with Crippen molar-refractivity contribution in [3.63, 3.8) is 0 Å². The molecular formula is C37H31N3S. The van der Waals surface area contributed by atoms with E-state index in [-0.39, 0.29) is 5.41 Å². The van der Waals surface area contributed by atoms with Gasteiger partial charge in [-0.25, -0.2) is 4.98 Å². The maximum atomic E-state index is 5.04. The summed E-state index contributed by atoms with van der Waals surface area (Å²) in [7, 11) is 0. The van der Waals surface area contributed by atoms with Crippen LogP contribution in [-0.2, 0) is 11.8 Å². The molecule has 7 aromatic rings. The van der Waals surface area contributed by atoms with E-state index in [1.54, 1.807) is 0 Å². The van der Waals surface area contributed by atoms with E-state index in [0.717, 1.165) is 29.2 Å². The van der Waals surface area contributed by atoms with Crippen LogP contribution in [0, 0.1) is 6.92 Å². The van der Waals surface area contributed by atoms with Crippen LogP contribution >= 0.6 is 11.3 Å². The van der Waals surface area contributed by atoms with Crippen LogP contribution in [0.3, 0.4) is 0 Å². The topological polar surface area (TPSA) is 22.8 Å². The normalized spacial score (nSPS) is 13.7. The van der Waals surface area contributed by atoms with Gasteiger partial charge >= 0.3 is 0 Å². The van der Waals surface area contributed by atoms with Gasteiger partial charge in [0.1, 0.15) is 5.82 Å². The third-order valence-electron chi connectivity index (χ3n) is 8.89. The second-order valence-corrected chi connectivity index (χ2v) is 12.5. The van der Waals surface area contributed by atoms with Crippen LogP contribution in [0.4, 0.5) is 0 Å². The SMILES string of the molecule is CCc1c(C)nc(-c2ccc(-c3cc4c5c(c3)c3ccccc3n5-c3ccsc3C4(C)C)cc2)n1-c1ccccc1. The lowest BCUT2D eigenvalue weighted by atomic mass is 9.78. The molecule has 0 saturated heterocycles. The van der Waals surface area contributed by atoms with Crippen molar-refractivity contribution in [3.05, 3.63) is 124 Å². The minimum absolute atomic E-state index is 0.0728. The number of benzene rings is 4. The molecular weight excluding hydrogens is 518 g/mol. The lowest BCUT2D eigenvalue weighted by Gasteiger charge is -2.32. The van der Waals surface area contributed by atoms with Gasteiger partial charge < -0.3 is 4.57 Å². The molecule has 200 valence electrons. The first-order valence-electron chi connectivity index (χ1n) is 14.4. The highest BCUT2D eigenvalue weighted by atomic mass is 32.1. The molecule has 0 radical (unpaired) electrons. The van der Waals surface area contributed by atoms with Crippen molar-refractivity contribution in [2.75, 3.05) is 0 Å². The molecule has 4 aromatic carbocycles. The highest BCUT2D eigenvalue weighted by molar-refractivity contribution is 7.10. The van der Waals surface area contributed by atoms with E-state index in [0.29, 0.717) is 0 Å². The van der Waals surface area contributed by atoms with E-state index in [1.807, 2.05) is 11.3 Å². The third kappa shape index (κ3) is 3.41. The van der Waals surface area contributed by atoms with Crippen molar-refractivity contribution in [3.8, 4) is 33.9 Å². The van der Waals surface area contributed by atoms with Gasteiger partial charge in [0.15, 0.2) is 0 Å². The molecule has 4 heteroatoms. The monoisotopic (exact) mass is 549 g/mol. The molecule has 0 N–H and O–H groups in total. The Hall–Kier alpha value is -4.41. The fourth-order valence-corrected chi connectivity index (χ4v) is 7.91. The van der Waals surface area contributed by atoms with Crippen LogP contribution in [0.2, 0.25) is 0 Å². The molecule has 4 heterocycles. The van der Waals surface area contributed by atoms with Gasteiger partial charge in [0.25, 0.3) is 0 Å². The quantitative estimate of drug-likeness (QED) is 0.214. The first kappa shape index (κ1) is 24.4. The number of aryl methyl sites for hydroxylation is 1. The van der Waals surface area contributed by atoms with E-state index in [9.17, 15) is 0 Å². The molecule has 0 unspecified atom stereocenters. The summed E-state index contributed by atoms with van der Waals surface area (Å²) in [5.41, 5.74) is 12.4. The van der Waals surface area contributed by atoms with Gasteiger partial charge in [0.05, 0.1) is 22.4 Å². The fourth-order valence-electron chi connectivity index (χ4n) is 6.90. The van der Waals surface area contributed by atoms with Crippen LogP contribution in [0.25, 0.3) is 55.7 Å². The minimum atomic E-state index is -0.0728. The molecule has 8 rings (SSSR count). The number of rotatable bonds is 4. The number of hydrogen-bond donors (Lipinski definition) is 0. The average Bonchev–Trinajstić information content (AvgIpc) is 3.71. The average molecular weight is 550 g/mol. The molecule has 41 heavy (non-hydrogen) atoms. The molecule has 0 bridgehead atoms. The zero-order valence-corrected chi connectivity index (χ0v) is 24.6. The van der Waals surface area contributed by atoms with Gasteiger partial charge in [-0.1, -0.05) is 81.4 Å². The van der Waals surface area contributed by atoms with Crippen molar-refractivity contribution < 1.29 is 0 Å². The molecule has 0 saturated carbocycles. The largest absolute Gasteiger partial charge is 0.308 e. The summed E-state index contributed by atoms with van der Waals surface area (Å²) in [6, 6.07) is 35.5. The standard InChI is InChI=1S/C37H31N3S/c1-5-31-23(2)38-36(39(31)27-11-7-6-8-12-27)25-17-15-24(16-18-25)26-21-29-28-13-9-10-14-32(28)40-33-19-20-41-35(33)37(3,4)30(22-26)34(29)40/h6-22H,5H2,1-4H3. The van der Waals surface area contributed by atoms with Gasteiger partial charge in [-0.05, 0) is 71.8 Å². The molecule has 0 aliphatic carbocycles. The van der Waals surface area contributed by atoms with E-state index < -0.39 is 0 Å². The second kappa shape index (κ2) is 8.79. The van der Waals surface area contributed by atoms with E-state index in [1.165, 1.54) is 54.8 Å². The summed E-state index contributed by atoms with van der Waals surface area (Å²) in [5.74, 6) is 0.997. The smallest absolute Gasteiger partial charge is 0.145 e. The summed E-state index contributed by atoms with van der Waals surface area (Å²) in [6.07, 6.45) is 0.934. The molecule has 1 aliphatic rings. The Morgan fingerprint density at radius 1 is 0.756 bits per heavy atom. The summed E-state index contributed by atoms with van der Waals surface area (Å²) in [6.45, 7) is 9.08. The number of nitrogens with zero attached hydrogens (tertiary/aromatic N) is 3. The van der Waals surface area contributed by atoms with Crippen molar-refractivity contribution in [1.29, 1.82) is 0 Å². The zero-order chi connectivity index (χ0) is 27.9. The molecule has 0 atom stereocenters. The van der Waals surface area contributed by atoms with Gasteiger partial charge in [-0.2, -0.15) is 0 Å². The Balaban J connectivity index is 1.31. The number of imidazole rings is 1. The minimum Gasteiger partial charge on any atom is -0.308 e. The lowest BCUT2D eigenvalue weighted by Crippen LogP contribution is -2.24. The second-order valence-electron chi connectivity index (χ2n) is 11.6. The van der Waals surface area contributed by atoms with Crippen molar-refractivity contribution in [1.82, 2.24) is 14.1 Å². The summed E-state index contributed by atoms with van der Waals surface area (Å²) in [4.78, 5) is 6.47. The maximum absolute atomic E-state index is 5.04. The van der Waals surface area contributed by atoms with E-state index in [4.69, 9.17) is 4.98 Å². The summed E-state index contributed by atoms with van der Waals surface area (Å²) < 4.78 is 4.80. The lowest BCUT2D eigenvalue weighted by molar-refractivity contribution is 0.646. The van der Waals surface area contributed by atoms with Crippen LogP contribution in [0.1, 0.15) is 42.6 Å². The van der Waals surface area contributed by atoms with E-state index in [2.05, 4.69) is 139 Å². The first-order valence-corrected chi connectivity index (χ1v) is 15.3. The molecule has 3 aromatic heterocycles. The van der Waals surface area contributed by atoms with Crippen LogP contribution < -0.4 is 0 Å². The van der Waals surface area contributed by atoms with Crippen molar-refractivity contribution in [2.45, 2.75) is 39.5 Å². The summed E-state index contributed by atoms with van der Waals surface area (Å²) in [5, 5.41) is 4.87. The predicted molar refractivity (Wildman–Crippen MR) is 173 cm³/mol. The molecule has 3 nitrogen and oxygen atoms in total. The Bertz CT molecular complexity index is 2100. The van der Waals surface area contributed by atoms with Gasteiger partial charge in [-0.3, -0.25) is 4.57 Å². The Labute approximate surface area is 244 Å². The predicted octanol–water partition coefficient (Wildman–Crippen LogP) is 9.88. The maximum Gasteiger partial charge on any atom is 0.145 e. The number of fused-ring (bicyclic) bond motifs is 5. The van der Waals surface area contributed by atoms with Gasteiger partial charge in [0, 0.05) is 38.0 Å². The number of thiophene rings is 1. The van der Waals surface area contributed by atoms with Gasteiger partial charge in [-0.15, -0.1) is 11.3 Å². The van der Waals surface area contributed by atoms with Crippen molar-refractivity contribution >= 4 is 33.1 Å². The number of hydrogen-bond acceptors (Lipinski definition) is 2. The van der Waals surface area contributed by atoms with E-state index >= 15 is 0 Å². The zero-order valence-electron chi connectivity index (χ0n) is 23.8. The molecule has 1 aliphatic heterocycles. The molecule has 0 spiro atoms. The number of para-hydroxylation sites is 2. The summed E-state index contributed by atoms with van der Waals surface area (Å²) >= 11 is 1.87. The highest BCUT2D eigenvalue weighted by Crippen LogP contribution is 2.50. The van der Waals surface area contributed by atoms with Crippen LogP contribution in [0.5, 0.6) is 0 Å². The Morgan fingerprint density at radius 2 is 1.49 bits per heavy atom. The highest BCUT2D eigenvalue weighted by Gasteiger charge is 2.36. The Morgan fingerprint density at radius 3 is 2.27 bits per heavy atom. The molecule has 0 fully saturated rings. The van der Waals surface area contributed by atoms with Crippen LogP contribution in [0.15, 0.2) is 102 Å². The number of aromatic nitrogens is 3.